The highest BCUT2D eigenvalue weighted by Crippen LogP contribution is 2.30. The van der Waals surface area contributed by atoms with Crippen LogP contribution in [0.5, 0.6) is 0 Å². The molecule has 1 saturated heterocycles. The number of imidazole rings is 1. The lowest BCUT2D eigenvalue weighted by Crippen LogP contribution is -2.51. The molecule has 1 aliphatic heterocycles. The van der Waals surface area contributed by atoms with Crippen molar-refractivity contribution in [3.63, 3.8) is 0 Å². The van der Waals surface area contributed by atoms with Crippen LogP contribution in [0.25, 0.3) is 16.9 Å². The first kappa shape index (κ1) is 22.1. The Kier molecular flexibility index (Phi) is 5.82. The van der Waals surface area contributed by atoms with Gasteiger partial charge < -0.3 is 9.47 Å². The van der Waals surface area contributed by atoms with Gasteiger partial charge in [-0.05, 0) is 31.2 Å². The topological polar surface area (TPSA) is 65.9 Å². The van der Waals surface area contributed by atoms with Crippen molar-refractivity contribution in [1.82, 2.24) is 29.6 Å². The van der Waals surface area contributed by atoms with Crippen LogP contribution in [0.4, 0.5) is 19.0 Å². The van der Waals surface area contributed by atoms with Gasteiger partial charge in [0.2, 0.25) is 0 Å². The van der Waals surface area contributed by atoms with Gasteiger partial charge in [0.05, 0.1) is 17.6 Å². The molecule has 34 heavy (non-hydrogen) atoms. The average Bonchev–Trinajstić information content (AvgIpc) is 3.51. The molecule has 0 bridgehead atoms. The number of nitrogens with zero attached hydrogens (tertiary/aromatic N) is 6. The number of H-pyrrole nitrogens is 1. The summed E-state index contributed by atoms with van der Waals surface area (Å²) in [6, 6.07) is 10.8. The normalized spacial score (nSPS) is 17.3. The lowest BCUT2D eigenvalue weighted by Gasteiger charge is -2.40. The first-order chi connectivity index (χ1) is 16.4. The Morgan fingerprint density at radius 1 is 1.09 bits per heavy atom. The van der Waals surface area contributed by atoms with Crippen LogP contribution < -0.4 is 4.90 Å². The Balaban J connectivity index is 1.24. The fourth-order valence-electron chi connectivity index (χ4n) is 4.37. The molecule has 1 aliphatic rings. The monoisotopic (exact) mass is 467 g/mol. The minimum atomic E-state index is -4.38. The molecule has 7 nitrogen and oxygen atoms in total. The van der Waals surface area contributed by atoms with E-state index in [9.17, 15) is 13.2 Å². The standard InChI is InChI=1S/C24H24F3N7/c1-17-14-32(10-11-34(17)22-7-4-20(13-29-22)24(25,26)27)15-19-12-30-31-23(19)18-2-5-21(6-3-18)33-9-8-28-16-33/h2-9,12-13,16-17H,10-11,14-15H2,1H3,(H,30,31). The summed E-state index contributed by atoms with van der Waals surface area (Å²) in [4.78, 5) is 12.5. The highest BCUT2D eigenvalue weighted by atomic mass is 19.4. The van der Waals surface area contributed by atoms with Crippen molar-refractivity contribution in [2.45, 2.75) is 25.7 Å². The van der Waals surface area contributed by atoms with E-state index in [1.165, 1.54) is 6.07 Å². The summed E-state index contributed by atoms with van der Waals surface area (Å²) in [5.74, 6) is 0.571. The van der Waals surface area contributed by atoms with Gasteiger partial charge in [0.15, 0.2) is 0 Å². The highest BCUT2D eigenvalue weighted by Gasteiger charge is 2.32. The van der Waals surface area contributed by atoms with E-state index in [1.54, 1.807) is 12.5 Å². The van der Waals surface area contributed by atoms with Crippen LogP contribution in [-0.2, 0) is 12.7 Å². The first-order valence-corrected chi connectivity index (χ1v) is 11.0. The van der Waals surface area contributed by atoms with Crippen molar-refractivity contribution in [2.75, 3.05) is 24.5 Å². The Labute approximate surface area is 194 Å². The Morgan fingerprint density at radius 2 is 1.91 bits per heavy atom. The number of hydrogen-bond donors (Lipinski definition) is 1. The van der Waals surface area contributed by atoms with Crippen molar-refractivity contribution >= 4 is 5.82 Å². The molecule has 3 aromatic heterocycles. The van der Waals surface area contributed by atoms with Crippen LogP contribution in [0.15, 0.2) is 67.5 Å². The van der Waals surface area contributed by atoms with Crippen molar-refractivity contribution in [3.8, 4) is 16.9 Å². The van der Waals surface area contributed by atoms with E-state index in [0.29, 0.717) is 12.4 Å². The SMILES string of the molecule is CC1CN(Cc2c[nH]nc2-c2ccc(-n3ccnc3)cc2)CCN1c1ccc(C(F)(F)F)cn1. The average molecular weight is 467 g/mol. The Bertz CT molecular complexity index is 1210. The van der Waals surface area contributed by atoms with E-state index < -0.39 is 11.7 Å². The molecule has 4 heterocycles. The van der Waals surface area contributed by atoms with Gasteiger partial charge in [-0.1, -0.05) is 12.1 Å². The summed E-state index contributed by atoms with van der Waals surface area (Å²) < 4.78 is 40.5. The summed E-state index contributed by atoms with van der Waals surface area (Å²) in [7, 11) is 0. The fraction of sp³-hybridized carbons (Fsp3) is 0.292. The van der Waals surface area contributed by atoms with E-state index in [4.69, 9.17) is 0 Å². The van der Waals surface area contributed by atoms with E-state index in [1.807, 2.05) is 41.2 Å². The summed E-state index contributed by atoms with van der Waals surface area (Å²) in [5, 5.41) is 7.46. The van der Waals surface area contributed by atoms with Crippen LogP contribution >= 0.6 is 0 Å². The maximum absolute atomic E-state index is 12.8. The Hall–Kier alpha value is -3.66. The van der Waals surface area contributed by atoms with Gasteiger partial charge in [-0.2, -0.15) is 18.3 Å². The Morgan fingerprint density at radius 3 is 2.56 bits per heavy atom. The minimum Gasteiger partial charge on any atom is -0.351 e. The number of benzene rings is 1. The first-order valence-electron chi connectivity index (χ1n) is 11.0. The van der Waals surface area contributed by atoms with Crippen LogP contribution in [0.3, 0.4) is 0 Å². The molecule has 176 valence electrons. The number of nitrogens with one attached hydrogen (secondary N) is 1. The number of hydrogen-bond acceptors (Lipinski definition) is 5. The van der Waals surface area contributed by atoms with Crippen molar-refractivity contribution in [2.24, 2.45) is 0 Å². The molecular weight excluding hydrogens is 443 g/mol. The lowest BCUT2D eigenvalue weighted by molar-refractivity contribution is -0.137. The van der Waals surface area contributed by atoms with E-state index in [2.05, 4.69) is 36.9 Å². The van der Waals surface area contributed by atoms with Gasteiger partial charge in [0, 0.05) is 73.8 Å². The van der Waals surface area contributed by atoms with E-state index in [-0.39, 0.29) is 6.04 Å². The second-order valence-electron chi connectivity index (χ2n) is 8.46. The van der Waals surface area contributed by atoms with Crippen molar-refractivity contribution in [1.29, 1.82) is 0 Å². The van der Waals surface area contributed by atoms with Crippen LogP contribution in [-0.4, -0.2) is 55.3 Å². The number of pyridine rings is 1. The molecule has 1 unspecified atom stereocenters. The predicted octanol–water partition coefficient (Wildman–Crippen LogP) is 4.39. The van der Waals surface area contributed by atoms with Gasteiger partial charge in [-0.15, -0.1) is 0 Å². The van der Waals surface area contributed by atoms with Crippen LogP contribution in [0.1, 0.15) is 18.1 Å². The number of anilines is 1. The zero-order valence-electron chi connectivity index (χ0n) is 18.6. The van der Waals surface area contributed by atoms with Crippen molar-refractivity contribution < 1.29 is 13.2 Å². The molecule has 1 atom stereocenters. The molecule has 0 aliphatic carbocycles. The second kappa shape index (κ2) is 8.94. The van der Waals surface area contributed by atoms with E-state index in [0.717, 1.165) is 54.4 Å². The van der Waals surface area contributed by atoms with Crippen LogP contribution in [0, 0.1) is 0 Å². The number of aromatic amines is 1. The largest absolute Gasteiger partial charge is 0.417 e. The minimum absolute atomic E-state index is 0.114. The fourth-order valence-corrected chi connectivity index (χ4v) is 4.37. The second-order valence-corrected chi connectivity index (χ2v) is 8.46. The third-order valence-electron chi connectivity index (χ3n) is 6.14. The summed E-state index contributed by atoms with van der Waals surface area (Å²) >= 11 is 0. The van der Waals surface area contributed by atoms with Gasteiger partial charge >= 0.3 is 6.18 Å². The molecule has 0 spiro atoms. The molecule has 1 aromatic carbocycles. The lowest BCUT2D eigenvalue weighted by atomic mass is 10.1. The molecule has 0 saturated carbocycles. The molecular formula is C24H24F3N7. The number of rotatable bonds is 5. The van der Waals surface area contributed by atoms with E-state index >= 15 is 0 Å². The maximum atomic E-state index is 12.8. The zero-order chi connectivity index (χ0) is 23.7. The molecule has 1 N–H and O–H groups in total. The zero-order valence-corrected chi connectivity index (χ0v) is 18.6. The van der Waals surface area contributed by atoms with Gasteiger partial charge in [-0.25, -0.2) is 9.97 Å². The molecule has 5 rings (SSSR count). The molecule has 1 fully saturated rings. The number of aromatic nitrogens is 5. The molecule has 4 aromatic rings. The number of piperazine rings is 1. The van der Waals surface area contributed by atoms with Gasteiger partial charge in [0.25, 0.3) is 0 Å². The number of alkyl halides is 3. The highest BCUT2D eigenvalue weighted by molar-refractivity contribution is 5.64. The molecule has 0 radical (unpaired) electrons. The molecule has 0 amide bonds. The maximum Gasteiger partial charge on any atom is 0.417 e. The molecule has 10 heteroatoms. The third kappa shape index (κ3) is 4.54. The quantitative estimate of drug-likeness (QED) is 0.472. The van der Waals surface area contributed by atoms with Crippen LogP contribution in [0.2, 0.25) is 0 Å². The third-order valence-corrected chi connectivity index (χ3v) is 6.14. The van der Waals surface area contributed by atoms with Gasteiger partial charge in [-0.3, -0.25) is 10.00 Å². The van der Waals surface area contributed by atoms with Crippen molar-refractivity contribution in [3.05, 3.63) is 78.6 Å². The smallest absolute Gasteiger partial charge is 0.351 e. The summed E-state index contributed by atoms with van der Waals surface area (Å²) in [6.07, 6.45) is 3.86. The number of halogens is 3. The van der Waals surface area contributed by atoms with Gasteiger partial charge in [0.1, 0.15) is 5.82 Å². The summed E-state index contributed by atoms with van der Waals surface area (Å²) in [5.41, 5.74) is 3.34. The summed E-state index contributed by atoms with van der Waals surface area (Å²) in [6.45, 7) is 5.03. The predicted molar refractivity (Wildman–Crippen MR) is 122 cm³/mol.